The first-order valence-corrected chi connectivity index (χ1v) is 8.12. The van der Waals surface area contributed by atoms with Gasteiger partial charge in [0.2, 0.25) is 0 Å². The molecule has 1 fully saturated rings. The number of para-hydroxylation sites is 2. The van der Waals surface area contributed by atoms with E-state index in [-0.39, 0.29) is 0 Å². The van der Waals surface area contributed by atoms with E-state index in [1.54, 1.807) is 4.90 Å². The van der Waals surface area contributed by atoms with Crippen LogP contribution < -0.4 is 4.90 Å². The molecule has 1 saturated heterocycles. The van der Waals surface area contributed by atoms with Crippen molar-refractivity contribution in [3.8, 4) is 0 Å². The van der Waals surface area contributed by atoms with Gasteiger partial charge in [-0.3, -0.25) is 4.57 Å². The van der Waals surface area contributed by atoms with Crippen LogP contribution in [0.5, 0.6) is 0 Å². The molecule has 4 heteroatoms. The Labute approximate surface area is 125 Å². The van der Waals surface area contributed by atoms with Crippen molar-refractivity contribution < 1.29 is 4.90 Å². The number of nitrogens with zero attached hydrogens (tertiary/aromatic N) is 2. The Hall–Kier alpha value is -1.13. The van der Waals surface area contributed by atoms with E-state index >= 15 is 0 Å². The Balaban J connectivity index is 1.98. The maximum Gasteiger partial charge on any atom is 0.184 e. The minimum atomic E-state index is 0.796. The summed E-state index contributed by atoms with van der Waals surface area (Å²) in [6, 6.07) is 9.34. The van der Waals surface area contributed by atoms with E-state index in [1.165, 1.54) is 43.3 Å². The standard InChI is InChI=1S/C16H23N3S/c1-3-13-8-6-7-11-18(13)12-19-15-10-5-4-9-14(15)17(2)16(19)20/h4-5,9-10,13H,3,6-8,11-12H2,1-2H3/p+1/t13-/m1/s1. The lowest BCUT2D eigenvalue weighted by Gasteiger charge is -2.32. The van der Waals surface area contributed by atoms with Crippen LogP contribution in [0.2, 0.25) is 0 Å². The molecule has 0 saturated carbocycles. The molecule has 1 unspecified atom stereocenters. The first kappa shape index (κ1) is 13.8. The van der Waals surface area contributed by atoms with Gasteiger partial charge < -0.3 is 9.47 Å². The topological polar surface area (TPSA) is 14.3 Å². The monoisotopic (exact) mass is 290 g/mol. The van der Waals surface area contributed by atoms with E-state index in [1.807, 2.05) is 0 Å². The van der Waals surface area contributed by atoms with Crippen molar-refractivity contribution in [2.24, 2.45) is 7.05 Å². The van der Waals surface area contributed by atoms with Gasteiger partial charge in [-0.05, 0) is 50.0 Å². The molecule has 1 aliphatic heterocycles. The number of aromatic nitrogens is 2. The van der Waals surface area contributed by atoms with Gasteiger partial charge in [0, 0.05) is 7.05 Å². The highest BCUT2D eigenvalue weighted by Gasteiger charge is 2.25. The van der Waals surface area contributed by atoms with Crippen molar-refractivity contribution in [2.45, 2.75) is 45.3 Å². The van der Waals surface area contributed by atoms with Gasteiger partial charge in [-0.2, -0.15) is 0 Å². The molecular weight excluding hydrogens is 266 g/mol. The summed E-state index contributed by atoms with van der Waals surface area (Å²) in [6.45, 7) is 4.61. The summed E-state index contributed by atoms with van der Waals surface area (Å²) in [5.74, 6) is 0. The van der Waals surface area contributed by atoms with Gasteiger partial charge in [0.1, 0.15) is 0 Å². The van der Waals surface area contributed by atoms with Gasteiger partial charge in [0.15, 0.2) is 11.4 Å². The minimum Gasteiger partial charge on any atom is -0.320 e. The van der Waals surface area contributed by atoms with Gasteiger partial charge in [0.05, 0.1) is 23.6 Å². The Kier molecular flexibility index (Phi) is 3.94. The van der Waals surface area contributed by atoms with Gasteiger partial charge in [-0.25, -0.2) is 0 Å². The summed E-state index contributed by atoms with van der Waals surface area (Å²) < 4.78 is 5.40. The highest BCUT2D eigenvalue weighted by atomic mass is 32.1. The largest absolute Gasteiger partial charge is 0.320 e. The molecule has 0 amide bonds. The molecule has 20 heavy (non-hydrogen) atoms. The SMILES string of the molecule is CC[C@@H]1CCCC[NH+]1Cn1c(=S)n(C)c2ccccc21. The number of rotatable bonds is 3. The molecule has 0 aliphatic carbocycles. The number of likely N-dealkylation sites (tertiary alicyclic amines) is 1. The molecule has 108 valence electrons. The molecule has 0 radical (unpaired) electrons. The fraction of sp³-hybridized carbons (Fsp3) is 0.562. The molecule has 1 aromatic carbocycles. The van der Waals surface area contributed by atoms with E-state index in [0.717, 1.165) is 17.5 Å². The Morgan fingerprint density at radius 2 is 2.00 bits per heavy atom. The number of aryl methyl sites for hydroxylation is 1. The Bertz CT molecular complexity index is 655. The number of hydrogen-bond donors (Lipinski definition) is 1. The van der Waals surface area contributed by atoms with Crippen LogP contribution in [0.1, 0.15) is 32.6 Å². The van der Waals surface area contributed by atoms with Gasteiger partial charge in [-0.15, -0.1) is 0 Å². The number of benzene rings is 1. The summed E-state index contributed by atoms with van der Waals surface area (Å²) in [7, 11) is 2.07. The molecule has 0 spiro atoms. The lowest BCUT2D eigenvalue weighted by atomic mass is 10.0. The smallest absolute Gasteiger partial charge is 0.184 e. The lowest BCUT2D eigenvalue weighted by molar-refractivity contribution is -0.952. The second-order valence-corrected chi connectivity index (χ2v) is 6.29. The van der Waals surface area contributed by atoms with Crippen LogP contribution in [0, 0.1) is 4.77 Å². The Morgan fingerprint density at radius 3 is 2.75 bits per heavy atom. The number of nitrogens with one attached hydrogen (secondary N) is 1. The van der Waals surface area contributed by atoms with Gasteiger partial charge in [0.25, 0.3) is 0 Å². The third-order valence-electron chi connectivity index (χ3n) is 4.78. The second-order valence-electron chi connectivity index (χ2n) is 5.93. The van der Waals surface area contributed by atoms with Crippen LogP contribution in [0.3, 0.4) is 0 Å². The molecule has 1 aliphatic rings. The van der Waals surface area contributed by atoms with Crippen molar-refractivity contribution in [3.63, 3.8) is 0 Å². The zero-order valence-electron chi connectivity index (χ0n) is 12.4. The van der Waals surface area contributed by atoms with Crippen LogP contribution >= 0.6 is 12.2 Å². The molecule has 0 bridgehead atoms. The minimum absolute atomic E-state index is 0.796. The number of piperidine rings is 1. The highest BCUT2D eigenvalue weighted by Crippen LogP contribution is 2.16. The third kappa shape index (κ3) is 2.31. The number of fused-ring (bicyclic) bond motifs is 1. The predicted octanol–water partition coefficient (Wildman–Crippen LogP) is 2.51. The maximum atomic E-state index is 5.65. The van der Waals surface area contributed by atoms with E-state index in [0.29, 0.717) is 0 Å². The van der Waals surface area contributed by atoms with E-state index < -0.39 is 0 Å². The van der Waals surface area contributed by atoms with Crippen molar-refractivity contribution >= 4 is 23.3 Å². The third-order valence-corrected chi connectivity index (χ3v) is 5.28. The van der Waals surface area contributed by atoms with Crippen LogP contribution in [-0.2, 0) is 13.7 Å². The second kappa shape index (κ2) is 5.70. The molecule has 3 nitrogen and oxygen atoms in total. The van der Waals surface area contributed by atoms with Crippen molar-refractivity contribution in [3.05, 3.63) is 29.0 Å². The molecule has 1 aromatic heterocycles. The fourth-order valence-electron chi connectivity index (χ4n) is 3.57. The first-order chi connectivity index (χ1) is 9.72. The lowest BCUT2D eigenvalue weighted by Crippen LogP contribution is -3.15. The fourth-order valence-corrected chi connectivity index (χ4v) is 3.83. The normalized spacial score (nSPS) is 23.3. The molecular formula is C16H24N3S+. The van der Waals surface area contributed by atoms with E-state index in [4.69, 9.17) is 12.2 Å². The summed E-state index contributed by atoms with van der Waals surface area (Å²) in [5.41, 5.74) is 2.51. The number of quaternary nitrogens is 1. The molecule has 2 heterocycles. The van der Waals surface area contributed by atoms with Crippen LogP contribution in [-0.4, -0.2) is 21.7 Å². The van der Waals surface area contributed by atoms with Crippen LogP contribution in [0.25, 0.3) is 11.0 Å². The quantitative estimate of drug-likeness (QED) is 0.858. The zero-order chi connectivity index (χ0) is 14.1. The summed E-state index contributed by atoms with van der Waals surface area (Å²) in [6.07, 6.45) is 5.38. The average Bonchev–Trinajstić information content (AvgIpc) is 2.73. The predicted molar refractivity (Wildman–Crippen MR) is 85.5 cm³/mol. The van der Waals surface area contributed by atoms with Crippen molar-refractivity contribution in [1.29, 1.82) is 0 Å². The molecule has 3 rings (SSSR count). The van der Waals surface area contributed by atoms with Gasteiger partial charge >= 0.3 is 0 Å². The number of hydrogen-bond acceptors (Lipinski definition) is 1. The van der Waals surface area contributed by atoms with E-state index in [9.17, 15) is 0 Å². The van der Waals surface area contributed by atoms with Crippen molar-refractivity contribution in [2.75, 3.05) is 6.54 Å². The van der Waals surface area contributed by atoms with Crippen molar-refractivity contribution in [1.82, 2.24) is 9.13 Å². The van der Waals surface area contributed by atoms with Crippen LogP contribution in [0.4, 0.5) is 0 Å². The summed E-state index contributed by atoms with van der Waals surface area (Å²) in [5, 5.41) is 0. The molecule has 2 aromatic rings. The van der Waals surface area contributed by atoms with Crippen LogP contribution in [0.15, 0.2) is 24.3 Å². The summed E-state index contributed by atoms with van der Waals surface area (Å²) >= 11 is 5.65. The Morgan fingerprint density at radius 1 is 1.25 bits per heavy atom. The maximum absolute atomic E-state index is 5.65. The van der Waals surface area contributed by atoms with Gasteiger partial charge in [-0.1, -0.05) is 19.1 Å². The first-order valence-electron chi connectivity index (χ1n) is 7.71. The zero-order valence-corrected chi connectivity index (χ0v) is 13.2. The highest BCUT2D eigenvalue weighted by molar-refractivity contribution is 7.71. The molecule has 1 N–H and O–H groups in total. The number of imidazole rings is 1. The average molecular weight is 290 g/mol. The summed E-state index contributed by atoms with van der Waals surface area (Å²) in [4.78, 5) is 1.70. The molecule has 2 atom stereocenters. The van der Waals surface area contributed by atoms with E-state index in [2.05, 4.69) is 47.4 Å².